The summed E-state index contributed by atoms with van der Waals surface area (Å²) >= 11 is 0. The smallest absolute Gasteiger partial charge is 0.188 e. The van der Waals surface area contributed by atoms with E-state index >= 15 is 0 Å². The van der Waals surface area contributed by atoms with Crippen LogP contribution in [0.2, 0.25) is 0 Å². The number of hydrogen-bond donors (Lipinski definition) is 2. The maximum Gasteiger partial charge on any atom is 0.188 e. The molecule has 0 aliphatic carbocycles. The predicted octanol–water partition coefficient (Wildman–Crippen LogP) is 2.29. The van der Waals surface area contributed by atoms with E-state index in [0.717, 1.165) is 25.0 Å². The molecule has 0 bridgehead atoms. The summed E-state index contributed by atoms with van der Waals surface area (Å²) in [6.45, 7) is 11.5. The zero-order chi connectivity index (χ0) is 12.8. The molecule has 5 heteroatoms. The average molecular weight is 367 g/mol. The Morgan fingerprint density at radius 3 is 2.44 bits per heavy atom. The number of ether oxygens (including phenoxy) is 1. The van der Waals surface area contributed by atoms with Gasteiger partial charge in [0.05, 0.1) is 18.8 Å². The molecule has 1 fully saturated rings. The van der Waals surface area contributed by atoms with Gasteiger partial charge in [0.2, 0.25) is 0 Å². The summed E-state index contributed by atoms with van der Waals surface area (Å²) in [5.74, 6) is 1.13. The quantitative estimate of drug-likeness (QED) is 0.347. The number of halogens is 1. The van der Waals surface area contributed by atoms with Crippen LogP contribution in [0.1, 0.15) is 33.6 Å². The molecule has 1 aliphatic rings. The molecule has 18 heavy (non-hydrogen) atoms. The molecule has 0 aromatic rings. The molecule has 106 valence electrons. The van der Waals surface area contributed by atoms with E-state index in [1.165, 1.54) is 0 Å². The maximum atomic E-state index is 5.77. The van der Waals surface area contributed by atoms with Gasteiger partial charge in [0.25, 0.3) is 0 Å². The van der Waals surface area contributed by atoms with Crippen LogP contribution in [0.4, 0.5) is 0 Å². The van der Waals surface area contributed by atoms with Crippen LogP contribution in [0.15, 0.2) is 17.1 Å². The molecule has 1 aliphatic heterocycles. The van der Waals surface area contributed by atoms with E-state index in [9.17, 15) is 0 Å². The summed E-state index contributed by atoms with van der Waals surface area (Å²) < 4.78 is 5.70. The molecule has 2 unspecified atom stereocenters. The lowest BCUT2D eigenvalue weighted by Crippen LogP contribution is -2.40. The maximum absolute atomic E-state index is 5.77. The standard InChI is InChI=1S/C13H25N3O.HI/c1-9(2)7-15-13(14)16-8-12-5-10(3)17-11(4)6-12;/h10-12H,1,5-8H2,2-4H3,(H3,14,15,16);1H. The summed E-state index contributed by atoms with van der Waals surface area (Å²) in [7, 11) is 0. The van der Waals surface area contributed by atoms with E-state index in [-0.39, 0.29) is 24.0 Å². The molecule has 1 rings (SSSR count). The highest BCUT2D eigenvalue weighted by Crippen LogP contribution is 2.23. The van der Waals surface area contributed by atoms with E-state index in [1.54, 1.807) is 0 Å². The predicted molar refractivity (Wildman–Crippen MR) is 87.5 cm³/mol. The molecule has 1 heterocycles. The van der Waals surface area contributed by atoms with Crippen molar-refractivity contribution in [2.24, 2.45) is 16.6 Å². The normalized spacial score (nSPS) is 28.4. The van der Waals surface area contributed by atoms with Crippen LogP contribution in [0.3, 0.4) is 0 Å². The van der Waals surface area contributed by atoms with Gasteiger partial charge in [-0.25, -0.2) is 4.99 Å². The Morgan fingerprint density at radius 2 is 1.94 bits per heavy atom. The second-order valence-corrected chi connectivity index (χ2v) is 5.13. The van der Waals surface area contributed by atoms with Gasteiger partial charge in [-0.1, -0.05) is 12.2 Å². The molecular weight excluding hydrogens is 341 g/mol. The fourth-order valence-electron chi connectivity index (χ4n) is 2.23. The zero-order valence-corrected chi connectivity index (χ0v) is 13.9. The van der Waals surface area contributed by atoms with Crippen LogP contribution in [-0.4, -0.2) is 31.3 Å². The van der Waals surface area contributed by atoms with Crippen LogP contribution in [0.5, 0.6) is 0 Å². The van der Waals surface area contributed by atoms with Gasteiger partial charge in [0, 0.05) is 6.54 Å². The Hall–Kier alpha value is -0.300. The van der Waals surface area contributed by atoms with Crippen LogP contribution in [0, 0.1) is 5.92 Å². The van der Waals surface area contributed by atoms with Crippen molar-refractivity contribution >= 4 is 29.9 Å². The largest absolute Gasteiger partial charge is 0.376 e. The third-order valence-electron chi connectivity index (χ3n) is 2.89. The number of rotatable bonds is 4. The van der Waals surface area contributed by atoms with E-state index in [1.807, 2.05) is 6.92 Å². The number of aliphatic imine (C=N–C) groups is 1. The van der Waals surface area contributed by atoms with Crippen molar-refractivity contribution in [3.63, 3.8) is 0 Å². The molecule has 1 saturated heterocycles. The van der Waals surface area contributed by atoms with Gasteiger partial charge in [-0.05, 0) is 39.5 Å². The van der Waals surface area contributed by atoms with Gasteiger partial charge >= 0.3 is 0 Å². The van der Waals surface area contributed by atoms with Crippen LogP contribution in [0.25, 0.3) is 0 Å². The Morgan fingerprint density at radius 1 is 1.39 bits per heavy atom. The number of nitrogens with two attached hydrogens (primary N) is 1. The molecule has 0 spiro atoms. The topological polar surface area (TPSA) is 59.6 Å². The fraction of sp³-hybridized carbons (Fsp3) is 0.769. The minimum atomic E-state index is 0. The SMILES string of the molecule is C=C(C)CN=C(N)NCC1CC(C)OC(C)C1.I. The molecule has 2 atom stereocenters. The van der Waals surface area contributed by atoms with Crippen molar-refractivity contribution in [1.29, 1.82) is 0 Å². The lowest BCUT2D eigenvalue weighted by molar-refractivity contribution is -0.0509. The highest BCUT2D eigenvalue weighted by molar-refractivity contribution is 14.0. The first kappa shape index (κ1) is 17.7. The Labute approximate surface area is 127 Å². The molecule has 0 amide bonds. The fourth-order valence-corrected chi connectivity index (χ4v) is 2.23. The second-order valence-electron chi connectivity index (χ2n) is 5.13. The van der Waals surface area contributed by atoms with Crippen LogP contribution in [-0.2, 0) is 4.74 Å². The van der Waals surface area contributed by atoms with Gasteiger partial charge in [0.1, 0.15) is 0 Å². The van der Waals surface area contributed by atoms with Crippen molar-refractivity contribution in [3.05, 3.63) is 12.2 Å². The van der Waals surface area contributed by atoms with E-state index in [2.05, 4.69) is 30.7 Å². The number of nitrogens with zero attached hydrogens (tertiary/aromatic N) is 1. The first-order valence-electron chi connectivity index (χ1n) is 6.31. The molecule has 0 aromatic carbocycles. The van der Waals surface area contributed by atoms with E-state index in [0.29, 0.717) is 30.6 Å². The Bertz CT molecular complexity index is 284. The molecule has 4 nitrogen and oxygen atoms in total. The van der Waals surface area contributed by atoms with Gasteiger partial charge in [-0.3, -0.25) is 0 Å². The first-order chi connectivity index (χ1) is 7.97. The second kappa shape index (κ2) is 8.74. The molecule has 0 aromatic heterocycles. The van der Waals surface area contributed by atoms with Crippen molar-refractivity contribution in [1.82, 2.24) is 5.32 Å². The summed E-state index contributed by atoms with van der Waals surface area (Å²) in [4.78, 5) is 4.20. The van der Waals surface area contributed by atoms with Gasteiger partial charge in [-0.2, -0.15) is 0 Å². The van der Waals surface area contributed by atoms with E-state index in [4.69, 9.17) is 10.5 Å². The summed E-state index contributed by atoms with van der Waals surface area (Å²) in [5, 5.41) is 3.18. The lowest BCUT2D eigenvalue weighted by atomic mass is 9.92. The summed E-state index contributed by atoms with van der Waals surface area (Å²) in [6, 6.07) is 0. The van der Waals surface area contributed by atoms with Gasteiger partial charge in [0.15, 0.2) is 5.96 Å². The third kappa shape index (κ3) is 7.20. The molecule has 0 radical (unpaired) electrons. The van der Waals surface area contributed by atoms with Crippen molar-refractivity contribution in [2.45, 2.75) is 45.8 Å². The van der Waals surface area contributed by atoms with Crippen molar-refractivity contribution in [2.75, 3.05) is 13.1 Å². The number of guanidine groups is 1. The lowest BCUT2D eigenvalue weighted by Gasteiger charge is -2.32. The minimum Gasteiger partial charge on any atom is -0.376 e. The molecular formula is C13H26IN3O. The van der Waals surface area contributed by atoms with Gasteiger partial charge in [-0.15, -0.1) is 24.0 Å². The van der Waals surface area contributed by atoms with E-state index < -0.39 is 0 Å². The molecule has 3 N–H and O–H groups in total. The average Bonchev–Trinajstić information content (AvgIpc) is 2.22. The number of hydrogen-bond acceptors (Lipinski definition) is 2. The minimum absolute atomic E-state index is 0. The molecule has 0 saturated carbocycles. The summed E-state index contributed by atoms with van der Waals surface area (Å²) in [6.07, 6.45) is 2.87. The van der Waals surface area contributed by atoms with Gasteiger partial charge < -0.3 is 15.8 Å². The van der Waals surface area contributed by atoms with Crippen molar-refractivity contribution in [3.8, 4) is 0 Å². The first-order valence-corrected chi connectivity index (χ1v) is 6.31. The van der Waals surface area contributed by atoms with Crippen LogP contribution >= 0.6 is 24.0 Å². The highest BCUT2D eigenvalue weighted by atomic mass is 127. The highest BCUT2D eigenvalue weighted by Gasteiger charge is 2.24. The zero-order valence-electron chi connectivity index (χ0n) is 11.6. The Balaban J connectivity index is 0.00000289. The monoisotopic (exact) mass is 367 g/mol. The van der Waals surface area contributed by atoms with Crippen molar-refractivity contribution < 1.29 is 4.74 Å². The number of nitrogens with one attached hydrogen (secondary N) is 1. The Kier molecular flexibility index (Phi) is 8.60. The van der Waals surface area contributed by atoms with Crippen LogP contribution < -0.4 is 11.1 Å². The summed E-state index contributed by atoms with van der Waals surface area (Å²) in [5.41, 5.74) is 6.79. The third-order valence-corrected chi connectivity index (χ3v) is 2.89.